The quantitative estimate of drug-likeness (QED) is 0.601. The van der Waals surface area contributed by atoms with Gasteiger partial charge in [0.2, 0.25) is 5.95 Å². The van der Waals surface area contributed by atoms with Crippen LogP contribution < -0.4 is 4.90 Å². The highest BCUT2D eigenvalue weighted by atomic mass is 16.5. The summed E-state index contributed by atoms with van der Waals surface area (Å²) in [5.74, 6) is 0.717. The number of rotatable bonds is 2. The molecule has 3 aromatic heterocycles. The average molecular weight is 335 g/mol. The molecule has 5 rings (SSSR count). The SMILES string of the molecule is Cn1ncc2c(-c3cccc4[nH]ncc34)nc(N3CCOCC3)nc21. The molecule has 126 valence electrons. The maximum absolute atomic E-state index is 5.45. The first-order valence-electron chi connectivity index (χ1n) is 8.26. The molecule has 8 nitrogen and oxygen atoms in total. The van der Waals surface area contributed by atoms with Crippen molar-refractivity contribution in [2.24, 2.45) is 7.05 Å². The maximum Gasteiger partial charge on any atom is 0.228 e. The molecule has 25 heavy (non-hydrogen) atoms. The van der Waals surface area contributed by atoms with Gasteiger partial charge in [-0.1, -0.05) is 12.1 Å². The summed E-state index contributed by atoms with van der Waals surface area (Å²) in [7, 11) is 1.90. The van der Waals surface area contributed by atoms with E-state index in [0.717, 1.165) is 52.2 Å². The van der Waals surface area contributed by atoms with Gasteiger partial charge in [0, 0.05) is 31.1 Å². The highest BCUT2D eigenvalue weighted by Crippen LogP contribution is 2.32. The number of aryl methyl sites for hydroxylation is 1. The van der Waals surface area contributed by atoms with Gasteiger partial charge in [-0.05, 0) is 6.07 Å². The predicted octanol–water partition coefficient (Wildman–Crippen LogP) is 1.74. The van der Waals surface area contributed by atoms with E-state index in [9.17, 15) is 0 Å². The monoisotopic (exact) mass is 335 g/mol. The van der Waals surface area contributed by atoms with Crippen LogP contribution in [0.1, 0.15) is 0 Å². The summed E-state index contributed by atoms with van der Waals surface area (Å²) in [5, 5.41) is 13.6. The molecule has 0 radical (unpaired) electrons. The van der Waals surface area contributed by atoms with Crippen molar-refractivity contribution < 1.29 is 4.74 Å². The lowest BCUT2D eigenvalue weighted by Crippen LogP contribution is -2.37. The van der Waals surface area contributed by atoms with Gasteiger partial charge in [0.15, 0.2) is 5.65 Å². The third-order valence-electron chi connectivity index (χ3n) is 4.61. The Morgan fingerprint density at radius 1 is 1.08 bits per heavy atom. The topological polar surface area (TPSA) is 84.8 Å². The van der Waals surface area contributed by atoms with E-state index in [4.69, 9.17) is 14.7 Å². The third kappa shape index (κ3) is 2.25. The Bertz CT molecular complexity index is 1060. The van der Waals surface area contributed by atoms with Crippen molar-refractivity contribution >= 4 is 27.9 Å². The number of aromatic amines is 1. The number of ether oxygens (including phenoxy) is 1. The molecule has 0 unspecified atom stereocenters. The summed E-state index contributed by atoms with van der Waals surface area (Å²) in [5.41, 5.74) is 3.72. The lowest BCUT2D eigenvalue weighted by atomic mass is 10.1. The van der Waals surface area contributed by atoms with E-state index >= 15 is 0 Å². The largest absolute Gasteiger partial charge is 0.378 e. The molecule has 0 saturated carbocycles. The Kier molecular flexibility index (Phi) is 3.17. The minimum atomic E-state index is 0.694. The Labute approximate surface area is 143 Å². The Morgan fingerprint density at radius 3 is 2.84 bits per heavy atom. The standard InChI is InChI=1S/C17H17N7O/c1-23-16-13(10-19-23)15(11-3-2-4-14-12(11)9-18-22-14)20-17(21-16)24-5-7-25-8-6-24/h2-4,9-10H,5-8H2,1H3,(H,18,22). The first-order chi connectivity index (χ1) is 12.3. The zero-order chi connectivity index (χ0) is 16.8. The number of hydrogen-bond donors (Lipinski definition) is 1. The van der Waals surface area contributed by atoms with Crippen LogP contribution in [0.25, 0.3) is 33.2 Å². The van der Waals surface area contributed by atoms with Crippen LogP contribution >= 0.6 is 0 Å². The van der Waals surface area contributed by atoms with Gasteiger partial charge in [-0.3, -0.25) is 9.78 Å². The first-order valence-corrected chi connectivity index (χ1v) is 8.26. The molecule has 1 N–H and O–H groups in total. The van der Waals surface area contributed by atoms with Crippen LogP contribution in [0.5, 0.6) is 0 Å². The van der Waals surface area contributed by atoms with Gasteiger partial charge in [0.25, 0.3) is 0 Å². The molecule has 1 aliphatic heterocycles. The van der Waals surface area contributed by atoms with E-state index < -0.39 is 0 Å². The second-order valence-corrected chi connectivity index (χ2v) is 6.11. The summed E-state index contributed by atoms with van der Waals surface area (Å²) in [4.78, 5) is 11.8. The summed E-state index contributed by atoms with van der Waals surface area (Å²) in [6, 6.07) is 6.08. The van der Waals surface area contributed by atoms with Gasteiger partial charge >= 0.3 is 0 Å². The normalized spacial score (nSPS) is 15.3. The second kappa shape index (κ2) is 5.52. The van der Waals surface area contributed by atoms with Gasteiger partial charge in [0.1, 0.15) is 0 Å². The predicted molar refractivity (Wildman–Crippen MR) is 94.4 cm³/mol. The number of fused-ring (bicyclic) bond motifs is 2. The van der Waals surface area contributed by atoms with Gasteiger partial charge < -0.3 is 9.64 Å². The van der Waals surface area contributed by atoms with E-state index in [1.165, 1.54) is 0 Å². The van der Waals surface area contributed by atoms with Crippen molar-refractivity contribution in [2.45, 2.75) is 0 Å². The van der Waals surface area contributed by atoms with E-state index in [1.807, 2.05) is 31.6 Å². The minimum absolute atomic E-state index is 0.694. The second-order valence-electron chi connectivity index (χ2n) is 6.11. The Morgan fingerprint density at radius 2 is 1.96 bits per heavy atom. The van der Waals surface area contributed by atoms with Crippen molar-refractivity contribution in [1.82, 2.24) is 29.9 Å². The van der Waals surface area contributed by atoms with Crippen LogP contribution in [0.2, 0.25) is 0 Å². The van der Waals surface area contributed by atoms with Crippen LogP contribution in [0.15, 0.2) is 30.6 Å². The van der Waals surface area contributed by atoms with Gasteiger partial charge in [-0.15, -0.1) is 0 Å². The zero-order valence-electron chi connectivity index (χ0n) is 13.8. The number of nitrogens with one attached hydrogen (secondary N) is 1. The van der Waals surface area contributed by atoms with E-state index in [1.54, 1.807) is 4.68 Å². The number of nitrogens with zero attached hydrogens (tertiary/aromatic N) is 6. The summed E-state index contributed by atoms with van der Waals surface area (Å²) >= 11 is 0. The lowest BCUT2D eigenvalue weighted by Gasteiger charge is -2.27. The number of H-pyrrole nitrogens is 1. The first kappa shape index (κ1) is 14.4. The molecule has 4 heterocycles. The fraction of sp³-hybridized carbons (Fsp3) is 0.294. The zero-order valence-corrected chi connectivity index (χ0v) is 13.8. The minimum Gasteiger partial charge on any atom is -0.378 e. The summed E-state index contributed by atoms with van der Waals surface area (Å²) in [6.45, 7) is 2.97. The third-order valence-corrected chi connectivity index (χ3v) is 4.61. The van der Waals surface area contributed by atoms with Crippen molar-refractivity contribution in [3.8, 4) is 11.3 Å². The Balaban J connectivity index is 1.77. The lowest BCUT2D eigenvalue weighted by molar-refractivity contribution is 0.122. The molecular formula is C17H17N7O. The smallest absolute Gasteiger partial charge is 0.228 e. The van der Waals surface area contributed by atoms with Gasteiger partial charge in [-0.2, -0.15) is 15.2 Å². The van der Waals surface area contributed by atoms with E-state index in [0.29, 0.717) is 13.2 Å². The summed E-state index contributed by atoms with van der Waals surface area (Å²) < 4.78 is 7.24. The average Bonchev–Trinajstić information content (AvgIpc) is 3.28. The number of hydrogen-bond acceptors (Lipinski definition) is 6. The number of morpholine rings is 1. The number of benzene rings is 1. The molecule has 1 saturated heterocycles. The fourth-order valence-corrected chi connectivity index (χ4v) is 3.30. The molecule has 0 bridgehead atoms. The van der Waals surface area contributed by atoms with Crippen molar-refractivity contribution in [2.75, 3.05) is 31.2 Å². The molecule has 1 fully saturated rings. The van der Waals surface area contributed by atoms with Crippen molar-refractivity contribution in [1.29, 1.82) is 0 Å². The van der Waals surface area contributed by atoms with Gasteiger partial charge in [-0.25, -0.2) is 4.98 Å². The van der Waals surface area contributed by atoms with Crippen LogP contribution in [0.4, 0.5) is 5.95 Å². The van der Waals surface area contributed by atoms with Crippen molar-refractivity contribution in [3.63, 3.8) is 0 Å². The molecule has 8 heteroatoms. The molecule has 0 atom stereocenters. The van der Waals surface area contributed by atoms with E-state index in [-0.39, 0.29) is 0 Å². The van der Waals surface area contributed by atoms with Gasteiger partial charge in [0.05, 0.1) is 42.2 Å². The fourth-order valence-electron chi connectivity index (χ4n) is 3.30. The molecule has 1 aliphatic rings. The molecule has 4 aromatic rings. The number of aromatic nitrogens is 6. The molecule has 0 spiro atoms. The molecule has 0 aliphatic carbocycles. The summed E-state index contributed by atoms with van der Waals surface area (Å²) in [6.07, 6.45) is 3.66. The molecular weight excluding hydrogens is 318 g/mol. The van der Waals surface area contributed by atoms with E-state index in [2.05, 4.69) is 26.3 Å². The Hall–Kier alpha value is -3.00. The molecule has 0 amide bonds. The van der Waals surface area contributed by atoms with Crippen LogP contribution in [-0.4, -0.2) is 56.2 Å². The van der Waals surface area contributed by atoms with Crippen LogP contribution in [0.3, 0.4) is 0 Å². The molecule has 1 aromatic carbocycles. The van der Waals surface area contributed by atoms with Crippen molar-refractivity contribution in [3.05, 3.63) is 30.6 Å². The van der Waals surface area contributed by atoms with Crippen LogP contribution in [0, 0.1) is 0 Å². The highest BCUT2D eigenvalue weighted by molar-refractivity contribution is 6.01. The highest BCUT2D eigenvalue weighted by Gasteiger charge is 2.20. The van der Waals surface area contributed by atoms with Crippen LogP contribution in [-0.2, 0) is 11.8 Å². The maximum atomic E-state index is 5.45. The number of anilines is 1.